The van der Waals surface area contributed by atoms with E-state index in [1.165, 1.54) is 53.7 Å². The molecule has 2 aromatic heterocycles. The number of aromatic nitrogens is 1. The van der Waals surface area contributed by atoms with Gasteiger partial charge in [0.25, 0.3) is 5.69 Å². The normalized spacial score (nSPS) is 12.7. The average Bonchev–Trinajstić information content (AvgIpc) is 2.99. The Kier molecular flexibility index (Phi) is 3.82. The molecule has 0 aliphatic carbocycles. The van der Waals surface area contributed by atoms with Crippen LogP contribution >= 0.6 is 11.3 Å². The fourth-order valence-electron chi connectivity index (χ4n) is 4.53. The fraction of sp³-hybridized carbons (Fsp3) is 0.320. The lowest BCUT2D eigenvalue weighted by Gasteiger charge is -2.22. The van der Waals surface area contributed by atoms with Gasteiger partial charge in [0.05, 0.1) is 15.6 Å². The first-order valence-electron chi connectivity index (χ1n) is 10.0. The third kappa shape index (κ3) is 2.49. The van der Waals surface area contributed by atoms with E-state index in [4.69, 9.17) is 4.74 Å². The van der Waals surface area contributed by atoms with E-state index < -0.39 is 0 Å². The van der Waals surface area contributed by atoms with E-state index in [-0.39, 0.29) is 0 Å². The molecule has 5 rings (SSSR count). The van der Waals surface area contributed by atoms with Crippen LogP contribution in [-0.4, -0.2) is 0 Å². The third-order valence-electron chi connectivity index (χ3n) is 5.84. The Labute approximate surface area is 170 Å². The van der Waals surface area contributed by atoms with E-state index in [2.05, 4.69) is 76.7 Å². The lowest BCUT2D eigenvalue weighted by molar-refractivity contribution is -0.659. The van der Waals surface area contributed by atoms with Crippen LogP contribution in [0.5, 0.6) is 11.5 Å². The summed E-state index contributed by atoms with van der Waals surface area (Å²) in [5.74, 6) is 2.67. The van der Waals surface area contributed by atoms with E-state index in [1.807, 2.05) is 11.3 Å². The minimum absolute atomic E-state index is 0.653. The summed E-state index contributed by atoms with van der Waals surface area (Å²) in [4.78, 5) is 1.43. The molecule has 1 aliphatic heterocycles. The molecule has 1 aliphatic rings. The van der Waals surface area contributed by atoms with E-state index in [0.717, 1.165) is 17.9 Å². The van der Waals surface area contributed by atoms with Crippen LogP contribution in [-0.2, 0) is 13.5 Å². The maximum atomic E-state index is 6.63. The molecule has 142 valence electrons. The molecule has 0 unspecified atom stereocenters. The number of nitrogens with zero attached hydrogens (tertiary/aromatic N) is 1. The molecule has 0 saturated carbocycles. The first-order chi connectivity index (χ1) is 13.3. The number of rotatable bonds is 2. The molecule has 3 heteroatoms. The second kappa shape index (κ2) is 6.05. The monoisotopic (exact) mass is 388 g/mol. The molecule has 4 aromatic rings. The summed E-state index contributed by atoms with van der Waals surface area (Å²) >= 11 is 1.89. The number of hydrogen-bond donors (Lipinski definition) is 0. The molecule has 0 saturated heterocycles. The van der Waals surface area contributed by atoms with Crippen LogP contribution in [0.1, 0.15) is 35.4 Å². The van der Waals surface area contributed by atoms with Crippen LogP contribution in [0.2, 0.25) is 0 Å². The van der Waals surface area contributed by atoms with Crippen molar-refractivity contribution in [2.24, 2.45) is 13.0 Å². The minimum atomic E-state index is 0.653. The topological polar surface area (TPSA) is 13.1 Å². The van der Waals surface area contributed by atoms with Crippen molar-refractivity contribution in [2.45, 2.75) is 41.0 Å². The van der Waals surface area contributed by atoms with Gasteiger partial charge in [0.15, 0.2) is 6.20 Å². The highest BCUT2D eigenvalue weighted by Crippen LogP contribution is 2.51. The first-order valence-corrected chi connectivity index (χ1v) is 10.8. The Balaban J connectivity index is 1.90. The maximum Gasteiger partial charge on any atom is 0.257 e. The van der Waals surface area contributed by atoms with Gasteiger partial charge in [-0.05, 0) is 67.3 Å². The molecular formula is C25H26NOS+. The zero-order valence-corrected chi connectivity index (χ0v) is 18.3. The van der Waals surface area contributed by atoms with Gasteiger partial charge in [-0.3, -0.25) is 0 Å². The summed E-state index contributed by atoms with van der Waals surface area (Å²) in [6.07, 6.45) is 3.38. The summed E-state index contributed by atoms with van der Waals surface area (Å²) in [6, 6.07) is 9.09. The summed E-state index contributed by atoms with van der Waals surface area (Å²) in [5.41, 5.74) is 6.44. The molecule has 28 heavy (non-hydrogen) atoms. The fourth-order valence-corrected chi connectivity index (χ4v) is 5.86. The van der Waals surface area contributed by atoms with Crippen LogP contribution in [0.15, 0.2) is 30.5 Å². The van der Waals surface area contributed by atoms with E-state index in [1.54, 1.807) is 0 Å². The molecule has 2 aromatic carbocycles. The van der Waals surface area contributed by atoms with Crippen LogP contribution in [0.25, 0.3) is 32.1 Å². The lowest BCUT2D eigenvalue weighted by atomic mass is 9.90. The number of thiophene rings is 1. The van der Waals surface area contributed by atoms with Gasteiger partial charge in [0, 0.05) is 10.3 Å². The number of benzene rings is 2. The summed E-state index contributed by atoms with van der Waals surface area (Å²) in [5, 5.41) is 3.79. The van der Waals surface area contributed by atoms with Gasteiger partial charge in [0.1, 0.15) is 12.8 Å². The zero-order valence-electron chi connectivity index (χ0n) is 17.4. The van der Waals surface area contributed by atoms with E-state index in [0.29, 0.717) is 5.92 Å². The molecule has 0 spiro atoms. The standard InChI is InChI=1S/C25H26NOS/c1-13(2)7-19-11-18-12-26(6)23-21-16(5)15(4)10-17-8-14(3)9-20(22(17)21)27-24(23)25(18)28-19/h8-13H,7H2,1-6H3/q+1. The Bertz CT molecular complexity index is 1280. The predicted molar refractivity (Wildman–Crippen MR) is 119 cm³/mol. The van der Waals surface area contributed by atoms with Crippen LogP contribution < -0.4 is 9.30 Å². The maximum absolute atomic E-state index is 6.63. The molecule has 0 fully saturated rings. The van der Waals surface area contributed by atoms with Crippen LogP contribution in [0.4, 0.5) is 0 Å². The summed E-state index contributed by atoms with van der Waals surface area (Å²) in [6.45, 7) is 11.2. The van der Waals surface area contributed by atoms with Crippen molar-refractivity contribution < 1.29 is 9.30 Å². The number of aryl methyl sites for hydroxylation is 3. The summed E-state index contributed by atoms with van der Waals surface area (Å²) in [7, 11) is 2.15. The third-order valence-corrected chi connectivity index (χ3v) is 7.01. The van der Waals surface area contributed by atoms with Gasteiger partial charge in [-0.1, -0.05) is 26.0 Å². The molecule has 3 heterocycles. The number of hydrogen-bond acceptors (Lipinski definition) is 2. The molecular weight excluding hydrogens is 362 g/mol. The number of fused-ring (bicyclic) bond motifs is 4. The molecule has 2 nitrogen and oxygen atoms in total. The Morgan fingerprint density at radius 2 is 1.82 bits per heavy atom. The van der Waals surface area contributed by atoms with Crippen LogP contribution in [0, 0.1) is 26.7 Å². The van der Waals surface area contributed by atoms with Gasteiger partial charge >= 0.3 is 0 Å². The lowest BCUT2D eigenvalue weighted by Crippen LogP contribution is -2.32. The van der Waals surface area contributed by atoms with Gasteiger partial charge in [-0.25, -0.2) is 0 Å². The minimum Gasteiger partial charge on any atom is -0.448 e. The van der Waals surface area contributed by atoms with Crippen molar-refractivity contribution in [2.75, 3.05) is 0 Å². The highest BCUT2D eigenvalue weighted by molar-refractivity contribution is 7.19. The second-order valence-electron chi connectivity index (χ2n) is 8.67. The van der Waals surface area contributed by atoms with Crippen molar-refractivity contribution >= 4 is 32.2 Å². The SMILES string of the molecule is Cc1cc2c3c(c(C)c(C)cc3c1)-c1c(c3sc(CC(C)C)cc3c[n+]1C)O2. The van der Waals surface area contributed by atoms with E-state index in [9.17, 15) is 0 Å². The van der Waals surface area contributed by atoms with Gasteiger partial charge in [-0.15, -0.1) is 11.3 Å². The van der Waals surface area contributed by atoms with Crippen LogP contribution in [0.3, 0.4) is 0 Å². The quantitative estimate of drug-likeness (QED) is 0.304. The number of ether oxygens (including phenoxy) is 1. The molecule has 0 radical (unpaired) electrons. The largest absolute Gasteiger partial charge is 0.448 e. The van der Waals surface area contributed by atoms with Crippen molar-refractivity contribution in [1.29, 1.82) is 0 Å². The van der Waals surface area contributed by atoms with Gasteiger partial charge in [0.2, 0.25) is 5.75 Å². The second-order valence-corrected chi connectivity index (χ2v) is 9.81. The Hall–Kier alpha value is -2.39. The van der Waals surface area contributed by atoms with E-state index >= 15 is 0 Å². The molecule has 0 atom stereocenters. The van der Waals surface area contributed by atoms with Crippen molar-refractivity contribution in [3.63, 3.8) is 0 Å². The highest BCUT2D eigenvalue weighted by Gasteiger charge is 2.32. The van der Waals surface area contributed by atoms with Crippen molar-refractivity contribution in [3.8, 4) is 22.8 Å². The Morgan fingerprint density at radius 3 is 2.57 bits per heavy atom. The number of pyridine rings is 1. The van der Waals surface area contributed by atoms with Gasteiger partial charge < -0.3 is 4.74 Å². The summed E-state index contributed by atoms with van der Waals surface area (Å²) < 4.78 is 10.2. The first kappa shape index (κ1) is 17.7. The average molecular weight is 389 g/mol. The highest BCUT2D eigenvalue weighted by atomic mass is 32.1. The van der Waals surface area contributed by atoms with Crippen molar-refractivity contribution in [1.82, 2.24) is 0 Å². The Morgan fingerprint density at radius 1 is 1.04 bits per heavy atom. The molecule has 0 amide bonds. The predicted octanol–water partition coefficient (Wildman–Crippen LogP) is 6.78. The van der Waals surface area contributed by atoms with Crippen molar-refractivity contribution in [3.05, 3.63) is 52.0 Å². The molecule has 0 bridgehead atoms. The smallest absolute Gasteiger partial charge is 0.257 e. The molecule has 0 N–H and O–H groups in total. The zero-order chi connectivity index (χ0) is 19.7. The van der Waals surface area contributed by atoms with Gasteiger partial charge in [-0.2, -0.15) is 4.57 Å².